The Hall–Kier alpha value is -2.82. The van der Waals surface area contributed by atoms with Crippen molar-refractivity contribution in [1.82, 2.24) is 4.90 Å². The number of methoxy groups -OCH3 is 1. The van der Waals surface area contributed by atoms with Crippen molar-refractivity contribution in [2.45, 2.75) is 24.9 Å². The topological polar surface area (TPSA) is 55.8 Å². The Morgan fingerprint density at radius 3 is 2.54 bits per heavy atom. The maximum Gasteiger partial charge on any atom is 0.253 e. The summed E-state index contributed by atoms with van der Waals surface area (Å²) in [6.45, 7) is 1.17. The van der Waals surface area contributed by atoms with Gasteiger partial charge in [0.25, 0.3) is 5.91 Å². The molecule has 0 aromatic heterocycles. The first-order valence-electron chi connectivity index (χ1n) is 8.85. The molecule has 0 radical (unpaired) electrons. The molecule has 5 heteroatoms. The van der Waals surface area contributed by atoms with E-state index in [4.69, 9.17) is 9.47 Å². The van der Waals surface area contributed by atoms with Gasteiger partial charge in [-0.05, 0) is 24.3 Å². The number of piperidine rings is 1. The first-order valence-corrected chi connectivity index (χ1v) is 8.85. The third kappa shape index (κ3) is 2.94. The van der Waals surface area contributed by atoms with Gasteiger partial charge in [-0.3, -0.25) is 9.59 Å². The molecular formula is C21H21NO4. The Morgan fingerprint density at radius 1 is 1.12 bits per heavy atom. The van der Waals surface area contributed by atoms with E-state index in [2.05, 4.69) is 0 Å². The highest BCUT2D eigenvalue weighted by Crippen LogP contribution is 2.40. The number of ether oxygens (including phenoxy) is 2. The summed E-state index contributed by atoms with van der Waals surface area (Å²) in [5, 5.41) is 0. The van der Waals surface area contributed by atoms with Gasteiger partial charge in [0.15, 0.2) is 5.78 Å². The van der Waals surface area contributed by atoms with Crippen LogP contribution in [0.5, 0.6) is 11.5 Å². The predicted molar refractivity (Wildman–Crippen MR) is 96.9 cm³/mol. The van der Waals surface area contributed by atoms with Crippen LogP contribution in [0.15, 0.2) is 48.5 Å². The smallest absolute Gasteiger partial charge is 0.253 e. The molecular weight excluding hydrogens is 330 g/mol. The fourth-order valence-corrected chi connectivity index (χ4v) is 3.76. The highest BCUT2D eigenvalue weighted by Gasteiger charge is 2.43. The molecule has 0 unspecified atom stereocenters. The van der Waals surface area contributed by atoms with E-state index in [1.165, 1.54) is 0 Å². The second kappa shape index (κ2) is 6.48. The first kappa shape index (κ1) is 16.6. The maximum atomic E-state index is 12.6. The number of nitrogens with zero attached hydrogens (tertiary/aromatic N) is 1. The summed E-state index contributed by atoms with van der Waals surface area (Å²) in [7, 11) is 1.59. The van der Waals surface area contributed by atoms with E-state index in [1.54, 1.807) is 25.3 Å². The molecule has 0 atom stereocenters. The number of carbonyl (C=O) groups excluding carboxylic acids is 2. The molecule has 134 valence electrons. The zero-order chi connectivity index (χ0) is 18.1. The Kier molecular flexibility index (Phi) is 4.15. The summed E-state index contributed by atoms with van der Waals surface area (Å²) < 4.78 is 11.5. The first-order chi connectivity index (χ1) is 12.6. The third-order valence-corrected chi connectivity index (χ3v) is 5.28. The molecule has 2 aliphatic rings. The van der Waals surface area contributed by atoms with E-state index in [9.17, 15) is 9.59 Å². The molecule has 26 heavy (non-hydrogen) atoms. The van der Waals surface area contributed by atoms with Gasteiger partial charge in [0, 0.05) is 37.6 Å². The van der Waals surface area contributed by atoms with Crippen molar-refractivity contribution < 1.29 is 19.1 Å². The van der Waals surface area contributed by atoms with Crippen LogP contribution in [0.1, 0.15) is 40.0 Å². The quantitative estimate of drug-likeness (QED) is 0.833. The van der Waals surface area contributed by atoms with Crippen LogP contribution in [0.2, 0.25) is 0 Å². The Balaban J connectivity index is 1.50. The maximum absolute atomic E-state index is 12.6. The van der Waals surface area contributed by atoms with Crippen LogP contribution in [-0.2, 0) is 0 Å². The number of fused-ring (bicyclic) bond motifs is 1. The van der Waals surface area contributed by atoms with E-state index >= 15 is 0 Å². The number of Topliss-reactive ketones (excluding diaryl/α,β-unsaturated/α-hetero) is 1. The van der Waals surface area contributed by atoms with Crippen LogP contribution in [0.25, 0.3) is 0 Å². The van der Waals surface area contributed by atoms with Crippen LogP contribution < -0.4 is 9.47 Å². The molecule has 1 fully saturated rings. The van der Waals surface area contributed by atoms with Crippen LogP contribution in [0.3, 0.4) is 0 Å². The minimum atomic E-state index is -0.524. The van der Waals surface area contributed by atoms with Gasteiger partial charge in [-0.1, -0.05) is 18.2 Å². The Bertz CT molecular complexity index is 838. The summed E-state index contributed by atoms with van der Waals surface area (Å²) in [6.07, 6.45) is 1.65. The predicted octanol–water partition coefficient (Wildman–Crippen LogP) is 3.34. The molecule has 2 aromatic rings. The van der Waals surface area contributed by atoms with E-state index < -0.39 is 5.60 Å². The molecule has 0 saturated carbocycles. The minimum absolute atomic E-state index is 0.0321. The number of carbonyl (C=O) groups is 2. The van der Waals surface area contributed by atoms with E-state index in [0.29, 0.717) is 55.0 Å². The van der Waals surface area contributed by atoms with Gasteiger partial charge in [-0.15, -0.1) is 0 Å². The van der Waals surface area contributed by atoms with Gasteiger partial charge in [0.2, 0.25) is 0 Å². The standard InChI is InChI=1S/C21H21NO4/c1-25-16-7-8-17-18(23)14-21(26-19(17)13-16)9-11-22(12-10-21)20(24)15-5-3-2-4-6-15/h2-8,13H,9-12,14H2,1H3. The monoisotopic (exact) mass is 351 g/mol. The van der Waals surface area contributed by atoms with Crippen LogP contribution >= 0.6 is 0 Å². The second-order valence-corrected chi connectivity index (χ2v) is 6.91. The minimum Gasteiger partial charge on any atom is -0.497 e. The van der Waals surface area contributed by atoms with E-state index in [-0.39, 0.29) is 11.7 Å². The van der Waals surface area contributed by atoms with Gasteiger partial charge in [-0.2, -0.15) is 0 Å². The number of benzene rings is 2. The van der Waals surface area contributed by atoms with Crippen molar-refractivity contribution >= 4 is 11.7 Å². The van der Waals surface area contributed by atoms with Crippen LogP contribution in [0.4, 0.5) is 0 Å². The van der Waals surface area contributed by atoms with Crippen molar-refractivity contribution in [3.8, 4) is 11.5 Å². The highest BCUT2D eigenvalue weighted by molar-refractivity contribution is 6.00. The molecule has 1 spiro atoms. The molecule has 2 heterocycles. The van der Waals surface area contributed by atoms with Crippen molar-refractivity contribution in [2.75, 3.05) is 20.2 Å². The van der Waals surface area contributed by atoms with Crippen LogP contribution in [0, 0.1) is 0 Å². The fourth-order valence-electron chi connectivity index (χ4n) is 3.76. The van der Waals surface area contributed by atoms with E-state index in [0.717, 1.165) is 0 Å². The number of rotatable bonds is 2. The SMILES string of the molecule is COc1ccc2c(c1)OC1(CCN(C(=O)c3ccccc3)CC1)CC2=O. The summed E-state index contributed by atoms with van der Waals surface area (Å²) >= 11 is 0. The summed E-state index contributed by atoms with van der Waals surface area (Å²) in [5.41, 5.74) is 0.780. The molecule has 0 bridgehead atoms. The van der Waals surface area contributed by atoms with Crippen molar-refractivity contribution in [1.29, 1.82) is 0 Å². The summed E-state index contributed by atoms with van der Waals surface area (Å²) in [5.74, 6) is 1.38. The Morgan fingerprint density at radius 2 is 1.85 bits per heavy atom. The van der Waals surface area contributed by atoms with Crippen molar-refractivity contribution in [2.24, 2.45) is 0 Å². The normalized spacial score (nSPS) is 18.2. The molecule has 2 aliphatic heterocycles. The van der Waals surface area contributed by atoms with Gasteiger partial charge in [0.05, 0.1) is 19.1 Å². The summed E-state index contributed by atoms with van der Waals surface area (Å²) in [4.78, 5) is 27.1. The zero-order valence-electron chi connectivity index (χ0n) is 14.7. The second-order valence-electron chi connectivity index (χ2n) is 6.91. The Labute approximate surface area is 152 Å². The lowest BCUT2D eigenvalue weighted by atomic mass is 9.82. The van der Waals surface area contributed by atoms with Gasteiger partial charge in [0.1, 0.15) is 17.1 Å². The number of hydrogen-bond acceptors (Lipinski definition) is 4. The van der Waals surface area contributed by atoms with E-state index in [1.807, 2.05) is 35.2 Å². The number of ketones is 1. The van der Waals surface area contributed by atoms with Gasteiger partial charge < -0.3 is 14.4 Å². The van der Waals surface area contributed by atoms with Crippen molar-refractivity contribution in [3.63, 3.8) is 0 Å². The molecule has 2 aromatic carbocycles. The van der Waals surface area contributed by atoms with Gasteiger partial charge >= 0.3 is 0 Å². The summed E-state index contributed by atoms with van der Waals surface area (Å²) in [6, 6.07) is 14.6. The number of amides is 1. The van der Waals surface area contributed by atoms with Crippen molar-refractivity contribution in [3.05, 3.63) is 59.7 Å². The lowest BCUT2D eigenvalue weighted by Crippen LogP contribution is -2.52. The largest absolute Gasteiger partial charge is 0.497 e. The molecule has 1 amide bonds. The molecule has 5 nitrogen and oxygen atoms in total. The lowest BCUT2D eigenvalue weighted by molar-refractivity contribution is -0.00580. The lowest BCUT2D eigenvalue weighted by Gasteiger charge is -2.44. The average Bonchev–Trinajstić information content (AvgIpc) is 2.68. The molecule has 1 saturated heterocycles. The molecule has 0 N–H and O–H groups in total. The third-order valence-electron chi connectivity index (χ3n) is 5.28. The average molecular weight is 351 g/mol. The zero-order valence-corrected chi connectivity index (χ0v) is 14.7. The molecule has 4 rings (SSSR count). The van der Waals surface area contributed by atoms with Gasteiger partial charge in [-0.25, -0.2) is 0 Å². The van der Waals surface area contributed by atoms with Crippen LogP contribution in [-0.4, -0.2) is 42.4 Å². The fraction of sp³-hybridized carbons (Fsp3) is 0.333. The number of hydrogen-bond donors (Lipinski definition) is 0. The highest BCUT2D eigenvalue weighted by atomic mass is 16.5. The molecule has 0 aliphatic carbocycles. The number of likely N-dealkylation sites (tertiary alicyclic amines) is 1.